The van der Waals surface area contributed by atoms with Crippen LogP contribution in [0.4, 0.5) is 0 Å². The van der Waals surface area contributed by atoms with E-state index in [1.54, 1.807) is 0 Å². The monoisotopic (exact) mass is 274 g/mol. The van der Waals surface area contributed by atoms with Crippen molar-refractivity contribution >= 4 is 23.5 Å². The van der Waals surface area contributed by atoms with Crippen molar-refractivity contribution in [2.24, 2.45) is 5.73 Å². The highest BCUT2D eigenvalue weighted by Crippen LogP contribution is 2.41. The van der Waals surface area contributed by atoms with Crippen LogP contribution in [0.1, 0.15) is 33.6 Å². The zero-order valence-corrected chi connectivity index (χ0v) is 12.9. The number of rotatable bonds is 2. The zero-order chi connectivity index (χ0) is 12.5. The van der Waals surface area contributed by atoms with E-state index in [0.717, 1.165) is 11.8 Å². The largest absolute Gasteiger partial charge is 0.329 e. The number of nitrogens with zero attached hydrogens (tertiary/aromatic N) is 1. The summed E-state index contributed by atoms with van der Waals surface area (Å²) in [4.78, 5) is 2.74. The van der Waals surface area contributed by atoms with Crippen LogP contribution in [-0.4, -0.2) is 51.6 Å². The van der Waals surface area contributed by atoms with E-state index in [1.807, 2.05) is 0 Å². The third-order valence-electron chi connectivity index (χ3n) is 4.69. The third kappa shape index (κ3) is 2.51. The molecule has 2 aliphatic rings. The Morgan fingerprint density at radius 2 is 2.00 bits per heavy atom. The highest BCUT2D eigenvalue weighted by atomic mass is 32.2. The zero-order valence-electron chi connectivity index (χ0n) is 11.3. The smallest absolute Gasteiger partial charge is 0.0451 e. The maximum Gasteiger partial charge on any atom is 0.0451 e. The van der Waals surface area contributed by atoms with Gasteiger partial charge in [0.1, 0.15) is 0 Å². The molecule has 2 fully saturated rings. The predicted molar refractivity (Wildman–Crippen MR) is 81.0 cm³/mol. The molecule has 2 aliphatic heterocycles. The van der Waals surface area contributed by atoms with Crippen molar-refractivity contribution in [3.05, 3.63) is 0 Å². The lowest BCUT2D eigenvalue weighted by Crippen LogP contribution is -2.66. The second-order valence-electron chi connectivity index (χ2n) is 5.43. The molecule has 2 rings (SSSR count). The summed E-state index contributed by atoms with van der Waals surface area (Å²) in [7, 11) is 0. The first-order chi connectivity index (χ1) is 8.12. The first kappa shape index (κ1) is 14.0. The SMILES string of the molecule is CC1SCCN(C2(CN)CCCSC2C)C1C. The van der Waals surface area contributed by atoms with E-state index in [1.165, 1.54) is 30.9 Å². The van der Waals surface area contributed by atoms with Crippen molar-refractivity contribution in [1.82, 2.24) is 4.90 Å². The minimum Gasteiger partial charge on any atom is -0.329 e. The topological polar surface area (TPSA) is 29.3 Å². The molecule has 17 heavy (non-hydrogen) atoms. The molecule has 0 radical (unpaired) electrons. The van der Waals surface area contributed by atoms with Crippen molar-refractivity contribution in [2.45, 2.75) is 55.7 Å². The molecule has 4 atom stereocenters. The van der Waals surface area contributed by atoms with E-state index < -0.39 is 0 Å². The molecule has 0 aromatic rings. The molecule has 0 aromatic heterocycles. The summed E-state index contributed by atoms with van der Waals surface area (Å²) in [5.41, 5.74) is 6.47. The van der Waals surface area contributed by atoms with Crippen molar-refractivity contribution in [3.8, 4) is 0 Å². The Morgan fingerprint density at radius 3 is 2.65 bits per heavy atom. The van der Waals surface area contributed by atoms with Crippen LogP contribution in [0.15, 0.2) is 0 Å². The average molecular weight is 274 g/mol. The number of hydrogen-bond acceptors (Lipinski definition) is 4. The molecule has 0 saturated carbocycles. The van der Waals surface area contributed by atoms with E-state index in [9.17, 15) is 0 Å². The molecule has 2 nitrogen and oxygen atoms in total. The number of hydrogen-bond donors (Lipinski definition) is 1. The molecule has 0 aliphatic carbocycles. The van der Waals surface area contributed by atoms with Gasteiger partial charge >= 0.3 is 0 Å². The maximum absolute atomic E-state index is 6.21. The molecule has 2 saturated heterocycles. The molecular weight excluding hydrogens is 248 g/mol. The fourth-order valence-corrected chi connectivity index (χ4v) is 5.74. The lowest BCUT2D eigenvalue weighted by Gasteiger charge is -2.54. The molecule has 0 aromatic carbocycles. The van der Waals surface area contributed by atoms with Crippen molar-refractivity contribution in [1.29, 1.82) is 0 Å². The van der Waals surface area contributed by atoms with Crippen LogP contribution in [0, 0.1) is 0 Å². The van der Waals surface area contributed by atoms with Crippen LogP contribution >= 0.6 is 23.5 Å². The van der Waals surface area contributed by atoms with Crippen molar-refractivity contribution in [3.63, 3.8) is 0 Å². The van der Waals surface area contributed by atoms with Gasteiger partial charge in [0.05, 0.1) is 0 Å². The highest BCUT2D eigenvalue weighted by Gasteiger charge is 2.46. The van der Waals surface area contributed by atoms with Crippen molar-refractivity contribution < 1.29 is 0 Å². The van der Waals surface area contributed by atoms with Gasteiger partial charge < -0.3 is 5.73 Å². The molecule has 4 heteroatoms. The van der Waals surface area contributed by atoms with E-state index in [4.69, 9.17) is 5.73 Å². The van der Waals surface area contributed by atoms with Crippen LogP contribution < -0.4 is 5.73 Å². The van der Waals surface area contributed by atoms with E-state index in [2.05, 4.69) is 49.2 Å². The summed E-state index contributed by atoms with van der Waals surface area (Å²) < 4.78 is 0. The maximum atomic E-state index is 6.21. The summed E-state index contributed by atoms with van der Waals surface area (Å²) in [6.07, 6.45) is 2.62. The van der Waals surface area contributed by atoms with Gasteiger partial charge in [-0.1, -0.05) is 13.8 Å². The average Bonchev–Trinajstić information content (AvgIpc) is 2.34. The van der Waals surface area contributed by atoms with Gasteiger partial charge in [0, 0.05) is 40.9 Å². The van der Waals surface area contributed by atoms with Gasteiger partial charge in [-0.15, -0.1) is 0 Å². The first-order valence-electron chi connectivity index (χ1n) is 6.82. The standard InChI is InChI=1S/C13H26N2S2/c1-10-11(2)16-8-6-15(10)13(9-14)5-4-7-17-12(13)3/h10-12H,4-9,14H2,1-3H3. The highest BCUT2D eigenvalue weighted by molar-refractivity contribution is 8.00. The van der Waals surface area contributed by atoms with E-state index >= 15 is 0 Å². The van der Waals surface area contributed by atoms with Crippen LogP contribution in [0.3, 0.4) is 0 Å². The Balaban J connectivity index is 2.20. The van der Waals surface area contributed by atoms with Gasteiger partial charge in [-0.2, -0.15) is 23.5 Å². The molecule has 2 heterocycles. The summed E-state index contributed by atoms with van der Waals surface area (Å²) in [5.74, 6) is 2.58. The molecule has 0 spiro atoms. The summed E-state index contributed by atoms with van der Waals surface area (Å²) in [6.45, 7) is 9.18. The Morgan fingerprint density at radius 1 is 1.24 bits per heavy atom. The lowest BCUT2D eigenvalue weighted by molar-refractivity contribution is 0.0477. The van der Waals surface area contributed by atoms with Crippen LogP contribution in [0.5, 0.6) is 0 Å². The van der Waals surface area contributed by atoms with Crippen LogP contribution in [0.2, 0.25) is 0 Å². The van der Waals surface area contributed by atoms with Crippen LogP contribution in [-0.2, 0) is 0 Å². The summed E-state index contributed by atoms with van der Waals surface area (Å²) in [5, 5.41) is 1.42. The Kier molecular flexibility index (Phi) is 4.73. The fraction of sp³-hybridized carbons (Fsp3) is 1.00. The van der Waals surface area contributed by atoms with Gasteiger partial charge in [-0.25, -0.2) is 0 Å². The Bertz CT molecular complexity index is 262. The number of nitrogens with two attached hydrogens (primary N) is 1. The third-order valence-corrected chi connectivity index (χ3v) is 7.49. The Hall–Kier alpha value is 0.620. The quantitative estimate of drug-likeness (QED) is 0.837. The molecular formula is C13H26N2S2. The normalized spacial score (nSPS) is 44.8. The minimum atomic E-state index is 0.261. The number of thioether (sulfide) groups is 2. The van der Waals surface area contributed by atoms with Gasteiger partial charge in [0.15, 0.2) is 0 Å². The first-order valence-corrected chi connectivity index (χ1v) is 8.91. The molecule has 2 N–H and O–H groups in total. The lowest BCUT2D eigenvalue weighted by atomic mass is 9.85. The fourth-order valence-electron chi connectivity index (χ4n) is 3.32. The molecule has 0 bridgehead atoms. The van der Waals surface area contributed by atoms with Gasteiger partial charge in [-0.05, 0) is 25.5 Å². The minimum absolute atomic E-state index is 0.261. The second kappa shape index (κ2) is 5.72. The summed E-state index contributed by atoms with van der Waals surface area (Å²) >= 11 is 4.23. The van der Waals surface area contributed by atoms with Crippen molar-refractivity contribution in [2.75, 3.05) is 24.6 Å². The molecule has 4 unspecified atom stereocenters. The van der Waals surface area contributed by atoms with Gasteiger partial charge in [0.2, 0.25) is 0 Å². The second-order valence-corrected chi connectivity index (χ2v) is 8.37. The van der Waals surface area contributed by atoms with E-state index in [-0.39, 0.29) is 5.54 Å². The molecule has 0 amide bonds. The predicted octanol–water partition coefficient (Wildman–Crippen LogP) is 2.43. The molecule has 100 valence electrons. The van der Waals surface area contributed by atoms with E-state index in [0.29, 0.717) is 11.3 Å². The van der Waals surface area contributed by atoms with Gasteiger partial charge in [0.25, 0.3) is 0 Å². The van der Waals surface area contributed by atoms with Gasteiger partial charge in [-0.3, -0.25) is 4.90 Å². The Labute approximate surface area is 114 Å². The van der Waals surface area contributed by atoms with Crippen LogP contribution in [0.25, 0.3) is 0 Å². The summed E-state index contributed by atoms with van der Waals surface area (Å²) in [6, 6.07) is 0.665.